The molecule has 0 bridgehead atoms. The highest BCUT2D eigenvalue weighted by atomic mass is 16.4. The molecule has 0 aliphatic heterocycles. The largest absolute Gasteiger partial charge is 0.472 e. The SMILES string of the molecule is O=C(O)NC1(c2ccoc2)CC1. The summed E-state index contributed by atoms with van der Waals surface area (Å²) in [6.07, 6.45) is 3.88. The minimum Gasteiger partial charge on any atom is -0.472 e. The number of furan rings is 1. The first-order valence-electron chi connectivity index (χ1n) is 3.77. The number of hydrogen-bond acceptors (Lipinski definition) is 2. The van der Waals surface area contributed by atoms with Crippen LogP contribution in [0.1, 0.15) is 18.4 Å². The molecule has 0 unspecified atom stereocenters. The van der Waals surface area contributed by atoms with Crippen LogP contribution in [-0.2, 0) is 5.54 Å². The topological polar surface area (TPSA) is 62.5 Å². The van der Waals surface area contributed by atoms with Crippen LogP contribution in [0.4, 0.5) is 4.79 Å². The highest BCUT2D eigenvalue weighted by Gasteiger charge is 2.46. The van der Waals surface area contributed by atoms with Crippen LogP contribution >= 0.6 is 0 Å². The van der Waals surface area contributed by atoms with E-state index in [9.17, 15) is 4.79 Å². The molecule has 64 valence electrons. The summed E-state index contributed by atoms with van der Waals surface area (Å²) in [6.45, 7) is 0. The molecule has 0 atom stereocenters. The summed E-state index contributed by atoms with van der Waals surface area (Å²) in [5, 5.41) is 11.0. The predicted octanol–water partition coefficient (Wildman–Crippen LogP) is 1.54. The van der Waals surface area contributed by atoms with Gasteiger partial charge in [0.2, 0.25) is 0 Å². The highest BCUT2D eigenvalue weighted by Crippen LogP contribution is 2.45. The fraction of sp³-hybridized carbons (Fsp3) is 0.375. The predicted molar refractivity (Wildman–Crippen MR) is 40.8 cm³/mol. The minimum atomic E-state index is -0.978. The number of carbonyl (C=O) groups is 1. The van der Waals surface area contributed by atoms with Gasteiger partial charge < -0.3 is 14.8 Å². The lowest BCUT2D eigenvalue weighted by molar-refractivity contribution is 0.188. The van der Waals surface area contributed by atoms with Crippen molar-refractivity contribution in [3.05, 3.63) is 24.2 Å². The van der Waals surface area contributed by atoms with Gasteiger partial charge in [0.1, 0.15) is 0 Å². The summed E-state index contributed by atoms with van der Waals surface area (Å²) in [5.41, 5.74) is 0.573. The van der Waals surface area contributed by atoms with E-state index in [0.717, 1.165) is 18.4 Å². The molecule has 1 aromatic heterocycles. The first kappa shape index (κ1) is 7.21. The van der Waals surface area contributed by atoms with E-state index >= 15 is 0 Å². The smallest absolute Gasteiger partial charge is 0.405 e. The Bertz CT molecular complexity index is 287. The van der Waals surface area contributed by atoms with E-state index in [0.29, 0.717) is 0 Å². The number of amides is 1. The van der Waals surface area contributed by atoms with E-state index in [2.05, 4.69) is 5.32 Å². The van der Waals surface area contributed by atoms with Crippen LogP contribution in [-0.4, -0.2) is 11.2 Å². The molecular weight excluding hydrogens is 158 g/mol. The van der Waals surface area contributed by atoms with Gasteiger partial charge in [-0.05, 0) is 18.9 Å². The first-order valence-corrected chi connectivity index (χ1v) is 3.77. The Hall–Kier alpha value is -1.45. The summed E-state index contributed by atoms with van der Waals surface area (Å²) >= 11 is 0. The third-order valence-electron chi connectivity index (χ3n) is 2.17. The molecule has 4 heteroatoms. The van der Waals surface area contributed by atoms with Gasteiger partial charge in [0.05, 0.1) is 18.1 Å². The van der Waals surface area contributed by atoms with E-state index in [1.807, 2.05) is 0 Å². The Balaban J connectivity index is 2.17. The summed E-state index contributed by atoms with van der Waals surface area (Å²) in [6, 6.07) is 1.79. The summed E-state index contributed by atoms with van der Waals surface area (Å²) in [4.78, 5) is 10.4. The number of rotatable bonds is 2. The van der Waals surface area contributed by atoms with E-state index in [1.165, 1.54) is 0 Å². The molecule has 1 aliphatic rings. The number of nitrogens with one attached hydrogen (secondary N) is 1. The molecule has 0 aromatic carbocycles. The second-order valence-corrected chi connectivity index (χ2v) is 3.02. The van der Waals surface area contributed by atoms with Crippen LogP contribution < -0.4 is 5.32 Å². The van der Waals surface area contributed by atoms with Crippen molar-refractivity contribution in [2.45, 2.75) is 18.4 Å². The van der Waals surface area contributed by atoms with Gasteiger partial charge in [-0.2, -0.15) is 0 Å². The van der Waals surface area contributed by atoms with Crippen molar-refractivity contribution in [2.24, 2.45) is 0 Å². The van der Waals surface area contributed by atoms with Crippen LogP contribution in [0, 0.1) is 0 Å². The fourth-order valence-corrected chi connectivity index (χ4v) is 1.35. The van der Waals surface area contributed by atoms with Crippen LogP contribution in [0.5, 0.6) is 0 Å². The Kier molecular flexibility index (Phi) is 1.36. The molecule has 1 amide bonds. The second-order valence-electron chi connectivity index (χ2n) is 3.02. The highest BCUT2D eigenvalue weighted by molar-refractivity contribution is 5.67. The van der Waals surface area contributed by atoms with Gasteiger partial charge in [-0.15, -0.1) is 0 Å². The lowest BCUT2D eigenvalue weighted by atomic mass is 10.1. The third-order valence-corrected chi connectivity index (χ3v) is 2.17. The van der Waals surface area contributed by atoms with Gasteiger partial charge in [0.15, 0.2) is 0 Å². The van der Waals surface area contributed by atoms with Crippen LogP contribution in [0.15, 0.2) is 23.0 Å². The molecule has 0 spiro atoms. The molecule has 1 aliphatic carbocycles. The average Bonchev–Trinajstić information content (AvgIpc) is 2.61. The molecule has 12 heavy (non-hydrogen) atoms. The summed E-state index contributed by atoms with van der Waals surface area (Å²) in [5.74, 6) is 0. The third kappa shape index (κ3) is 1.05. The van der Waals surface area contributed by atoms with Crippen molar-refractivity contribution in [1.29, 1.82) is 0 Å². The van der Waals surface area contributed by atoms with Gasteiger partial charge in [0.25, 0.3) is 0 Å². The molecule has 0 saturated heterocycles. The maximum atomic E-state index is 10.4. The molecule has 2 rings (SSSR count). The lowest BCUT2D eigenvalue weighted by Crippen LogP contribution is -2.33. The van der Waals surface area contributed by atoms with E-state index < -0.39 is 6.09 Å². The van der Waals surface area contributed by atoms with Crippen molar-refractivity contribution < 1.29 is 14.3 Å². The van der Waals surface area contributed by atoms with E-state index in [1.54, 1.807) is 18.6 Å². The van der Waals surface area contributed by atoms with Gasteiger partial charge in [-0.25, -0.2) is 4.79 Å². The Morgan fingerprint density at radius 3 is 2.83 bits per heavy atom. The quantitative estimate of drug-likeness (QED) is 0.702. The number of hydrogen-bond donors (Lipinski definition) is 2. The standard InChI is InChI=1S/C8H9NO3/c10-7(11)9-8(2-3-8)6-1-4-12-5-6/h1,4-5,9H,2-3H2,(H,10,11). The molecule has 1 saturated carbocycles. The zero-order valence-corrected chi connectivity index (χ0v) is 6.41. The van der Waals surface area contributed by atoms with Crippen molar-refractivity contribution in [2.75, 3.05) is 0 Å². The maximum absolute atomic E-state index is 10.4. The number of carboxylic acid groups (broad SMARTS) is 1. The molecule has 1 aromatic rings. The maximum Gasteiger partial charge on any atom is 0.405 e. The Morgan fingerprint density at radius 2 is 2.42 bits per heavy atom. The minimum absolute atomic E-state index is 0.348. The van der Waals surface area contributed by atoms with Crippen LogP contribution in [0.2, 0.25) is 0 Å². The van der Waals surface area contributed by atoms with Gasteiger partial charge in [0, 0.05) is 5.56 Å². The van der Waals surface area contributed by atoms with Crippen LogP contribution in [0.25, 0.3) is 0 Å². The van der Waals surface area contributed by atoms with Gasteiger partial charge >= 0.3 is 6.09 Å². The Morgan fingerprint density at radius 1 is 1.67 bits per heavy atom. The van der Waals surface area contributed by atoms with E-state index in [4.69, 9.17) is 9.52 Å². The monoisotopic (exact) mass is 167 g/mol. The van der Waals surface area contributed by atoms with Crippen molar-refractivity contribution in [1.82, 2.24) is 5.32 Å². The van der Waals surface area contributed by atoms with Crippen molar-refractivity contribution >= 4 is 6.09 Å². The van der Waals surface area contributed by atoms with Crippen molar-refractivity contribution in [3.63, 3.8) is 0 Å². The van der Waals surface area contributed by atoms with E-state index in [-0.39, 0.29) is 5.54 Å². The zero-order valence-electron chi connectivity index (χ0n) is 6.41. The fourth-order valence-electron chi connectivity index (χ4n) is 1.35. The van der Waals surface area contributed by atoms with Gasteiger partial charge in [-0.3, -0.25) is 0 Å². The Labute approximate surface area is 69.2 Å². The second kappa shape index (κ2) is 2.27. The normalized spacial score (nSPS) is 18.7. The molecule has 1 fully saturated rings. The average molecular weight is 167 g/mol. The van der Waals surface area contributed by atoms with Gasteiger partial charge in [-0.1, -0.05) is 0 Å². The molecular formula is C8H9NO3. The molecule has 0 radical (unpaired) electrons. The summed E-state index contributed by atoms with van der Waals surface area (Å²) in [7, 11) is 0. The zero-order chi connectivity index (χ0) is 8.60. The van der Waals surface area contributed by atoms with Crippen LogP contribution in [0.3, 0.4) is 0 Å². The first-order chi connectivity index (χ1) is 5.73. The lowest BCUT2D eigenvalue weighted by Gasteiger charge is -2.11. The van der Waals surface area contributed by atoms with Crippen molar-refractivity contribution in [3.8, 4) is 0 Å². The molecule has 2 N–H and O–H groups in total. The summed E-state index contributed by atoms with van der Waals surface area (Å²) < 4.78 is 4.89. The molecule has 4 nitrogen and oxygen atoms in total. The molecule has 1 heterocycles.